The molecule has 1 aromatic carbocycles. The van der Waals surface area contributed by atoms with Crippen LogP contribution in [0, 0.1) is 6.92 Å². The maximum absolute atomic E-state index is 6.11. The number of halogens is 1. The number of hydrogen-bond acceptors (Lipinski definition) is 3. The summed E-state index contributed by atoms with van der Waals surface area (Å²) in [6, 6.07) is 2.16. The van der Waals surface area contributed by atoms with Gasteiger partial charge in [-0.25, -0.2) is 0 Å². The minimum atomic E-state index is 0.127. The molecule has 19 heavy (non-hydrogen) atoms. The van der Waals surface area contributed by atoms with Crippen LogP contribution in [-0.4, -0.2) is 19.8 Å². The first-order valence-corrected chi connectivity index (χ1v) is 7.76. The molecule has 3 nitrogen and oxygen atoms in total. The average Bonchev–Trinajstić information content (AvgIpc) is 2.93. The molecular weight excluding hydrogens is 306 g/mol. The summed E-state index contributed by atoms with van der Waals surface area (Å²) in [5, 5.41) is 0. The highest BCUT2D eigenvalue weighted by Crippen LogP contribution is 2.48. The topological polar surface area (TPSA) is 44.5 Å². The molecule has 104 valence electrons. The second-order valence-electron chi connectivity index (χ2n) is 5.58. The molecule has 0 amide bonds. The number of benzene rings is 1. The number of rotatable bonds is 2. The molecule has 1 fully saturated rings. The predicted molar refractivity (Wildman–Crippen MR) is 79.1 cm³/mol. The molecule has 4 heteroatoms. The van der Waals surface area contributed by atoms with Crippen molar-refractivity contribution in [3.63, 3.8) is 0 Å². The van der Waals surface area contributed by atoms with Crippen LogP contribution < -0.4 is 15.2 Å². The lowest BCUT2D eigenvalue weighted by Gasteiger charge is -2.32. The van der Waals surface area contributed by atoms with E-state index < -0.39 is 0 Å². The fraction of sp³-hybridized carbons (Fsp3) is 0.600. The van der Waals surface area contributed by atoms with Crippen molar-refractivity contribution in [2.45, 2.75) is 38.0 Å². The van der Waals surface area contributed by atoms with Crippen molar-refractivity contribution in [3.05, 3.63) is 21.7 Å². The van der Waals surface area contributed by atoms with Gasteiger partial charge in [-0.1, -0.05) is 12.8 Å². The molecule has 1 heterocycles. The molecule has 1 saturated carbocycles. The van der Waals surface area contributed by atoms with Gasteiger partial charge in [0.05, 0.1) is 4.47 Å². The Bertz CT molecular complexity index is 495. The predicted octanol–water partition coefficient (Wildman–Crippen LogP) is 3.30. The summed E-state index contributed by atoms with van der Waals surface area (Å²) in [6.45, 7) is 4.09. The van der Waals surface area contributed by atoms with E-state index in [0.29, 0.717) is 19.8 Å². The molecule has 1 aliphatic carbocycles. The van der Waals surface area contributed by atoms with Crippen molar-refractivity contribution < 1.29 is 9.47 Å². The van der Waals surface area contributed by atoms with Crippen molar-refractivity contribution in [3.8, 4) is 11.5 Å². The molecule has 2 aliphatic rings. The van der Waals surface area contributed by atoms with E-state index in [9.17, 15) is 0 Å². The summed E-state index contributed by atoms with van der Waals surface area (Å²) in [6.07, 6.45) is 4.89. The van der Waals surface area contributed by atoms with Gasteiger partial charge in [0.1, 0.15) is 13.2 Å². The third-order valence-corrected chi connectivity index (χ3v) is 5.50. The van der Waals surface area contributed by atoms with E-state index in [-0.39, 0.29) is 5.41 Å². The first kappa shape index (κ1) is 13.3. The van der Waals surface area contributed by atoms with Crippen LogP contribution in [-0.2, 0) is 5.41 Å². The molecule has 0 bridgehead atoms. The Kier molecular flexibility index (Phi) is 3.48. The van der Waals surface area contributed by atoms with E-state index in [1.54, 1.807) is 0 Å². The smallest absolute Gasteiger partial charge is 0.175 e. The first-order valence-electron chi connectivity index (χ1n) is 6.97. The van der Waals surface area contributed by atoms with Crippen molar-refractivity contribution in [1.29, 1.82) is 0 Å². The zero-order valence-corrected chi connectivity index (χ0v) is 12.9. The standard InChI is InChI=1S/C15H20BrNO2/c1-10-11(15(9-17)4-2-3-5-15)8-12-14(13(10)16)19-7-6-18-12/h8H,2-7,9,17H2,1H3. The second kappa shape index (κ2) is 4.98. The van der Waals surface area contributed by atoms with Gasteiger partial charge >= 0.3 is 0 Å². The van der Waals surface area contributed by atoms with Gasteiger partial charge in [0, 0.05) is 12.0 Å². The van der Waals surface area contributed by atoms with Gasteiger partial charge in [0.2, 0.25) is 0 Å². The van der Waals surface area contributed by atoms with Crippen molar-refractivity contribution >= 4 is 15.9 Å². The maximum atomic E-state index is 6.11. The molecule has 0 aromatic heterocycles. The lowest BCUT2D eigenvalue weighted by atomic mass is 9.76. The molecule has 2 N–H and O–H groups in total. The second-order valence-corrected chi connectivity index (χ2v) is 6.37. The SMILES string of the molecule is Cc1c(C2(CN)CCCC2)cc2c(c1Br)OCCO2. The lowest BCUT2D eigenvalue weighted by Crippen LogP contribution is -2.33. The van der Waals surface area contributed by atoms with E-state index in [1.807, 2.05) is 0 Å². The van der Waals surface area contributed by atoms with Crippen molar-refractivity contribution in [1.82, 2.24) is 0 Å². The van der Waals surface area contributed by atoms with Crippen molar-refractivity contribution in [2.24, 2.45) is 5.73 Å². The van der Waals surface area contributed by atoms with Crippen LogP contribution in [0.25, 0.3) is 0 Å². The van der Waals surface area contributed by atoms with Crippen LogP contribution in [0.2, 0.25) is 0 Å². The highest BCUT2D eigenvalue weighted by Gasteiger charge is 2.37. The Labute approximate surface area is 122 Å². The number of nitrogens with two attached hydrogens (primary N) is 1. The van der Waals surface area contributed by atoms with E-state index in [0.717, 1.165) is 16.0 Å². The molecule has 3 rings (SSSR count). The quantitative estimate of drug-likeness (QED) is 0.907. The Morgan fingerprint density at radius 3 is 2.63 bits per heavy atom. The zero-order chi connectivity index (χ0) is 13.5. The lowest BCUT2D eigenvalue weighted by molar-refractivity contribution is 0.169. The highest BCUT2D eigenvalue weighted by atomic mass is 79.9. The fourth-order valence-corrected chi connectivity index (χ4v) is 3.95. The van der Waals surface area contributed by atoms with Crippen molar-refractivity contribution in [2.75, 3.05) is 19.8 Å². The van der Waals surface area contributed by atoms with Crippen LogP contribution >= 0.6 is 15.9 Å². The monoisotopic (exact) mass is 325 g/mol. The van der Waals surface area contributed by atoms with Gasteiger partial charge in [-0.2, -0.15) is 0 Å². The van der Waals surface area contributed by atoms with E-state index in [4.69, 9.17) is 15.2 Å². The molecular formula is C15H20BrNO2. The fourth-order valence-electron chi connectivity index (χ4n) is 3.42. The summed E-state index contributed by atoms with van der Waals surface area (Å²) in [4.78, 5) is 0. The molecule has 0 atom stereocenters. The molecule has 0 saturated heterocycles. The van der Waals surface area contributed by atoms with Crippen LogP contribution in [0.1, 0.15) is 36.8 Å². The summed E-state index contributed by atoms with van der Waals surface area (Å²) >= 11 is 3.67. The van der Waals surface area contributed by atoms with Crippen LogP contribution in [0.15, 0.2) is 10.5 Å². The van der Waals surface area contributed by atoms with Crippen LogP contribution in [0.3, 0.4) is 0 Å². The first-order chi connectivity index (χ1) is 9.18. The van der Waals surface area contributed by atoms with Gasteiger partial charge in [0.25, 0.3) is 0 Å². The highest BCUT2D eigenvalue weighted by molar-refractivity contribution is 9.10. The van der Waals surface area contributed by atoms with E-state index in [2.05, 4.69) is 28.9 Å². The minimum Gasteiger partial charge on any atom is -0.486 e. The molecule has 1 aromatic rings. The largest absolute Gasteiger partial charge is 0.486 e. The Morgan fingerprint density at radius 1 is 1.26 bits per heavy atom. The van der Waals surface area contributed by atoms with E-state index >= 15 is 0 Å². The number of hydrogen-bond donors (Lipinski definition) is 1. The van der Waals surface area contributed by atoms with Gasteiger partial charge in [-0.15, -0.1) is 0 Å². The zero-order valence-electron chi connectivity index (χ0n) is 11.3. The normalized spacial score (nSPS) is 20.6. The molecule has 0 spiro atoms. The summed E-state index contributed by atoms with van der Waals surface area (Å²) in [7, 11) is 0. The molecule has 0 unspecified atom stereocenters. The average molecular weight is 326 g/mol. The van der Waals surface area contributed by atoms with Crippen LogP contribution in [0.4, 0.5) is 0 Å². The Balaban J connectivity index is 2.13. The van der Waals surface area contributed by atoms with Gasteiger partial charge < -0.3 is 15.2 Å². The Morgan fingerprint density at radius 2 is 1.95 bits per heavy atom. The minimum absolute atomic E-state index is 0.127. The summed E-state index contributed by atoms with van der Waals surface area (Å²) < 4.78 is 12.5. The van der Waals surface area contributed by atoms with Gasteiger partial charge in [-0.3, -0.25) is 0 Å². The number of fused-ring (bicyclic) bond motifs is 1. The van der Waals surface area contributed by atoms with Gasteiger partial charge in [0.15, 0.2) is 11.5 Å². The summed E-state index contributed by atoms with van der Waals surface area (Å²) in [5.41, 5.74) is 8.82. The van der Waals surface area contributed by atoms with Crippen LogP contribution in [0.5, 0.6) is 11.5 Å². The van der Waals surface area contributed by atoms with E-state index in [1.165, 1.54) is 36.8 Å². The number of ether oxygens (including phenoxy) is 2. The molecule has 1 aliphatic heterocycles. The maximum Gasteiger partial charge on any atom is 0.175 e. The van der Waals surface area contributed by atoms with Gasteiger partial charge in [-0.05, 0) is 52.9 Å². The molecule has 0 radical (unpaired) electrons. The summed E-state index contributed by atoms with van der Waals surface area (Å²) in [5.74, 6) is 1.70. The third kappa shape index (κ3) is 2.05. The third-order valence-electron chi connectivity index (χ3n) is 4.54. The Hall–Kier alpha value is -0.740.